The predicted octanol–water partition coefficient (Wildman–Crippen LogP) is 2.56. The third-order valence-corrected chi connectivity index (χ3v) is 3.13. The second kappa shape index (κ2) is 5.57. The van der Waals surface area contributed by atoms with E-state index in [1.165, 1.54) is 0 Å². The van der Waals surface area contributed by atoms with E-state index < -0.39 is 5.54 Å². The second-order valence-corrected chi connectivity index (χ2v) is 6.12. The number of carbonyl (C=O) groups is 1. The molecule has 5 heteroatoms. The number of hydrogen-bond acceptors (Lipinski definition) is 3. The molecule has 0 atom stereocenters. The molecular weight excluding hydrogens is 264 g/mol. The minimum Gasteiger partial charge on any atom is -0.333 e. The fourth-order valence-corrected chi connectivity index (χ4v) is 2.15. The molecule has 0 fully saturated rings. The molecule has 0 unspecified atom stereocenters. The number of hydrogen-bond donors (Lipinski definition) is 1. The number of nitriles is 1. The zero-order valence-electron chi connectivity index (χ0n) is 12.8. The van der Waals surface area contributed by atoms with E-state index in [1.807, 2.05) is 28.8 Å². The van der Waals surface area contributed by atoms with Crippen LogP contribution < -0.4 is 5.32 Å². The van der Waals surface area contributed by atoms with Gasteiger partial charge < -0.3 is 9.72 Å². The minimum absolute atomic E-state index is 0.319. The fraction of sp³-hybridized carbons (Fsp3) is 0.438. The van der Waals surface area contributed by atoms with Crippen molar-refractivity contribution in [3.8, 4) is 6.07 Å². The van der Waals surface area contributed by atoms with Crippen LogP contribution >= 0.6 is 0 Å². The molecule has 0 saturated heterocycles. The number of fused-ring (bicyclic) bond motifs is 1. The van der Waals surface area contributed by atoms with E-state index in [4.69, 9.17) is 5.26 Å². The lowest BCUT2D eigenvalue weighted by Crippen LogP contribution is -2.42. The first-order valence-electron chi connectivity index (χ1n) is 7.04. The summed E-state index contributed by atoms with van der Waals surface area (Å²) >= 11 is 0. The highest BCUT2D eigenvalue weighted by Gasteiger charge is 2.24. The van der Waals surface area contributed by atoms with E-state index in [1.54, 1.807) is 13.8 Å². The maximum Gasteiger partial charge on any atom is 0.273 e. The highest BCUT2D eigenvalue weighted by Crippen LogP contribution is 2.16. The molecule has 21 heavy (non-hydrogen) atoms. The fourth-order valence-electron chi connectivity index (χ4n) is 2.15. The van der Waals surface area contributed by atoms with Gasteiger partial charge in [0.15, 0.2) is 5.69 Å². The summed E-state index contributed by atoms with van der Waals surface area (Å²) in [5, 5.41) is 11.7. The molecule has 0 radical (unpaired) electrons. The van der Waals surface area contributed by atoms with Crippen LogP contribution in [0.2, 0.25) is 0 Å². The molecule has 110 valence electrons. The predicted molar refractivity (Wildman–Crippen MR) is 80.9 cm³/mol. The molecule has 2 rings (SSSR count). The van der Waals surface area contributed by atoms with E-state index in [-0.39, 0.29) is 5.91 Å². The number of carbonyl (C=O) groups excluding carboxylic acids is 1. The number of nitrogens with zero attached hydrogens (tertiary/aromatic N) is 3. The maximum absolute atomic E-state index is 12.4. The van der Waals surface area contributed by atoms with Crippen molar-refractivity contribution in [1.29, 1.82) is 5.26 Å². The molecule has 1 amide bonds. The van der Waals surface area contributed by atoms with Crippen LogP contribution in [0.15, 0.2) is 24.4 Å². The molecule has 2 aromatic rings. The molecule has 0 aliphatic heterocycles. The molecule has 5 nitrogen and oxygen atoms in total. The molecule has 0 aliphatic carbocycles. The SMILES string of the molecule is CC(C)Cc1nc(C(=O)NC(C)(C)C#N)c2ccccn12. The van der Waals surface area contributed by atoms with Crippen LogP contribution in [0.4, 0.5) is 0 Å². The molecule has 1 N–H and O–H groups in total. The first-order chi connectivity index (χ1) is 9.84. The van der Waals surface area contributed by atoms with Gasteiger partial charge in [-0.2, -0.15) is 5.26 Å². The van der Waals surface area contributed by atoms with E-state index in [0.29, 0.717) is 11.6 Å². The number of nitrogens with one attached hydrogen (secondary N) is 1. The summed E-state index contributed by atoms with van der Waals surface area (Å²) in [4.78, 5) is 16.9. The van der Waals surface area contributed by atoms with Gasteiger partial charge in [0.1, 0.15) is 11.4 Å². The molecule has 2 aromatic heterocycles. The van der Waals surface area contributed by atoms with Gasteiger partial charge in [-0.3, -0.25) is 4.79 Å². The highest BCUT2D eigenvalue weighted by atomic mass is 16.2. The maximum atomic E-state index is 12.4. The average Bonchev–Trinajstić information content (AvgIpc) is 2.77. The van der Waals surface area contributed by atoms with Gasteiger partial charge in [-0.15, -0.1) is 0 Å². The topological polar surface area (TPSA) is 70.2 Å². The molecule has 0 spiro atoms. The van der Waals surface area contributed by atoms with Gasteiger partial charge in [-0.05, 0) is 31.9 Å². The lowest BCUT2D eigenvalue weighted by Gasteiger charge is -2.16. The molecular formula is C16H20N4O. The second-order valence-electron chi connectivity index (χ2n) is 6.12. The van der Waals surface area contributed by atoms with Gasteiger partial charge >= 0.3 is 0 Å². The number of imidazole rings is 1. The zero-order chi connectivity index (χ0) is 15.6. The van der Waals surface area contributed by atoms with Gasteiger partial charge in [-0.25, -0.2) is 4.98 Å². The lowest BCUT2D eigenvalue weighted by molar-refractivity contribution is 0.0926. The van der Waals surface area contributed by atoms with Gasteiger partial charge in [-0.1, -0.05) is 19.9 Å². The van der Waals surface area contributed by atoms with E-state index in [0.717, 1.165) is 17.8 Å². The quantitative estimate of drug-likeness (QED) is 0.938. The zero-order valence-corrected chi connectivity index (χ0v) is 12.8. The monoisotopic (exact) mass is 284 g/mol. The van der Waals surface area contributed by atoms with Gasteiger partial charge in [0.05, 0.1) is 11.6 Å². The third-order valence-electron chi connectivity index (χ3n) is 3.13. The van der Waals surface area contributed by atoms with Crippen LogP contribution in [0.3, 0.4) is 0 Å². The summed E-state index contributed by atoms with van der Waals surface area (Å²) in [6, 6.07) is 7.72. The third kappa shape index (κ3) is 3.22. The van der Waals surface area contributed by atoms with Gasteiger partial charge in [0.25, 0.3) is 5.91 Å². The summed E-state index contributed by atoms with van der Waals surface area (Å²) in [7, 11) is 0. The Bertz CT molecular complexity index is 707. The molecule has 0 bridgehead atoms. The standard InChI is InChI=1S/C16H20N4O/c1-11(2)9-13-18-14(12-7-5-6-8-20(12)13)15(21)19-16(3,4)10-17/h5-8,11H,9H2,1-4H3,(H,19,21). The number of pyridine rings is 1. The highest BCUT2D eigenvalue weighted by molar-refractivity contribution is 5.99. The summed E-state index contributed by atoms with van der Waals surface area (Å²) in [6.45, 7) is 7.56. The van der Waals surface area contributed by atoms with E-state index in [2.05, 4.69) is 30.2 Å². The average molecular weight is 284 g/mol. The van der Waals surface area contributed by atoms with Crippen LogP contribution in [0.25, 0.3) is 5.52 Å². The Hall–Kier alpha value is -2.35. The van der Waals surface area contributed by atoms with Crippen molar-refractivity contribution in [1.82, 2.24) is 14.7 Å². The van der Waals surface area contributed by atoms with Crippen LogP contribution in [0, 0.1) is 17.2 Å². The normalized spacial score (nSPS) is 11.6. The van der Waals surface area contributed by atoms with Crippen molar-refractivity contribution >= 4 is 11.4 Å². The summed E-state index contributed by atoms with van der Waals surface area (Å²) in [5.41, 5.74) is 0.217. The summed E-state index contributed by atoms with van der Waals surface area (Å²) in [6.07, 6.45) is 2.70. The van der Waals surface area contributed by atoms with E-state index in [9.17, 15) is 4.79 Å². The van der Waals surface area contributed by atoms with E-state index >= 15 is 0 Å². The van der Waals surface area contributed by atoms with Crippen LogP contribution in [0.5, 0.6) is 0 Å². The number of aromatic nitrogens is 2. The van der Waals surface area contributed by atoms with Gasteiger partial charge in [0.2, 0.25) is 0 Å². The van der Waals surface area contributed by atoms with Crippen molar-refractivity contribution < 1.29 is 4.79 Å². The summed E-state index contributed by atoms with van der Waals surface area (Å²) in [5.74, 6) is 0.989. The smallest absolute Gasteiger partial charge is 0.273 e. The molecule has 2 heterocycles. The molecule has 0 saturated carbocycles. The Morgan fingerprint density at radius 2 is 2.19 bits per heavy atom. The Balaban J connectivity index is 2.45. The molecule has 0 aromatic carbocycles. The van der Waals surface area contributed by atoms with Crippen LogP contribution in [-0.4, -0.2) is 20.8 Å². The lowest BCUT2D eigenvalue weighted by atomic mass is 10.1. The van der Waals surface area contributed by atoms with Crippen molar-refractivity contribution in [2.45, 2.75) is 39.7 Å². The summed E-state index contributed by atoms with van der Waals surface area (Å²) < 4.78 is 1.94. The Labute approximate surface area is 124 Å². The molecule has 0 aliphatic rings. The Morgan fingerprint density at radius 1 is 1.48 bits per heavy atom. The van der Waals surface area contributed by atoms with Crippen molar-refractivity contribution in [2.24, 2.45) is 5.92 Å². The van der Waals surface area contributed by atoms with Crippen molar-refractivity contribution in [3.05, 3.63) is 35.9 Å². The number of amides is 1. The number of rotatable bonds is 4. The Kier molecular flexibility index (Phi) is 3.99. The first kappa shape index (κ1) is 15.0. The first-order valence-corrected chi connectivity index (χ1v) is 7.04. The van der Waals surface area contributed by atoms with Crippen molar-refractivity contribution in [3.63, 3.8) is 0 Å². The van der Waals surface area contributed by atoms with Crippen molar-refractivity contribution in [2.75, 3.05) is 0 Å². The Morgan fingerprint density at radius 3 is 2.81 bits per heavy atom. The largest absolute Gasteiger partial charge is 0.333 e. The minimum atomic E-state index is -0.917. The van der Waals surface area contributed by atoms with Crippen LogP contribution in [0.1, 0.15) is 44.0 Å². The van der Waals surface area contributed by atoms with Crippen LogP contribution in [-0.2, 0) is 6.42 Å². The van der Waals surface area contributed by atoms with Gasteiger partial charge in [0, 0.05) is 12.6 Å².